The summed E-state index contributed by atoms with van der Waals surface area (Å²) in [4.78, 5) is 43.4. The number of anilines is 9. The van der Waals surface area contributed by atoms with Gasteiger partial charge in [0.1, 0.15) is 18.2 Å². The third kappa shape index (κ3) is 6.93. The summed E-state index contributed by atoms with van der Waals surface area (Å²) in [6, 6.07) is 56.4. The van der Waals surface area contributed by atoms with Crippen molar-refractivity contribution in [2.75, 3.05) is 14.7 Å². The van der Waals surface area contributed by atoms with Crippen LogP contribution in [0.3, 0.4) is 0 Å². The van der Waals surface area contributed by atoms with E-state index in [1.165, 1.54) is 37.2 Å². The molecule has 6 heterocycles. The summed E-state index contributed by atoms with van der Waals surface area (Å²) in [5.41, 5.74) is 9.48. The zero-order chi connectivity index (χ0) is 48.3. The van der Waals surface area contributed by atoms with Crippen LogP contribution in [0.2, 0.25) is 0 Å². The van der Waals surface area contributed by atoms with Crippen molar-refractivity contribution >= 4 is 86.5 Å². The molecule has 3 aromatic heterocycles. The van der Waals surface area contributed by atoms with E-state index in [9.17, 15) is 15.8 Å². The summed E-state index contributed by atoms with van der Waals surface area (Å²) in [7, 11) is 0. The first-order valence-corrected chi connectivity index (χ1v) is 24.9. The molecule has 10 aromatic rings. The molecule has 0 saturated heterocycles. The van der Waals surface area contributed by atoms with E-state index in [0.717, 1.165) is 63.5 Å². The van der Waals surface area contributed by atoms with Gasteiger partial charge in [0.2, 0.25) is 0 Å². The summed E-state index contributed by atoms with van der Waals surface area (Å²) < 4.78 is 0. The van der Waals surface area contributed by atoms with Crippen LogP contribution in [0, 0.1) is 34.0 Å². The maximum Gasteiger partial charge on any atom is 0.163 e. The molecule has 7 aromatic carbocycles. The predicted octanol–water partition coefficient (Wildman–Crippen LogP) is 14.5. The Balaban J connectivity index is 1.35. The first-order chi connectivity index (χ1) is 35.6. The van der Waals surface area contributed by atoms with Crippen molar-refractivity contribution in [3.63, 3.8) is 0 Å². The molecule has 0 N–H and O–H groups in total. The lowest BCUT2D eigenvalue weighted by Crippen LogP contribution is -2.25. The lowest BCUT2D eigenvalue weighted by molar-refractivity contribution is 1.08. The van der Waals surface area contributed by atoms with E-state index in [1.807, 2.05) is 72.8 Å². The maximum absolute atomic E-state index is 10.2. The second-order valence-electron chi connectivity index (χ2n) is 16.5. The number of nitriles is 3. The fourth-order valence-electron chi connectivity index (χ4n) is 9.40. The average molecular weight is 979 g/mol. The van der Waals surface area contributed by atoms with E-state index in [4.69, 9.17) is 29.9 Å². The van der Waals surface area contributed by atoms with Crippen LogP contribution < -0.4 is 14.7 Å². The summed E-state index contributed by atoms with van der Waals surface area (Å²) in [5.74, 6) is 0.852. The zero-order valence-electron chi connectivity index (χ0n) is 37.4. The third-order valence-corrected chi connectivity index (χ3v) is 15.8. The fraction of sp³-hybridized carbons (Fsp3) is 0. The SMILES string of the molecule is N#Cc1cnc(-c2c(N3c4ccccc4Sc4ccccc43)c(-c3ncc(C#N)cn3)c(N3c4ccccc4Sc4ccccc43)c(-c3ncc(C#N)cn3)c2N2c3ccccc3Sc3ccccc32)nc1. The van der Waals surface area contributed by atoms with E-state index < -0.39 is 0 Å². The van der Waals surface area contributed by atoms with Crippen LogP contribution in [0.25, 0.3) is 34.2 Å². The molecule has 0 bridgehead atoms. The summed E-state index contributed by atoms with van der Waals surface area (Å²) in [5, 5.41) is 30.7. The standard InChI is InChI=1S/C57H30N12S3/c58-25-34-28-61-55(62-29-34)49-52(67-37-13-1-7-19-43(37)70-44-20-8-2-14-38(44)67)50(56-63-30-35(26-59)31-64-56)54(69-41-17-5-11-23-47(41)72-48-24-12-6-18-42(48)69)51(57-65-32-36(27-60)33-66-57)53(49)68-39-15-3-9-21-45(39)71-46-22-10-4-16-40(46)68/h1-24,28-33H. The highest BCUT2D eigenvalue weighted by Gasteiger charge is 2.43. The Morgan fingerprint density at radius 3 is 0.681 bits per heavy atom. The van der Waals surface area contributed by atoms with Gasteiger partial charge in [-0.25, -0.2) is 29.9 Å². The molecule has 336 valence electrons. The van der Waals surface area contributed by atoms with Crippen LogP contribution in [0.15, 0.2) is 212 Å². The Morgan fingerprint density at radius 2 is 0.486 bits per heavy atom. The van der Waals surface area contributed by atoms with E-state index in [-0.39, 0.29) is 34.2 Å². The van der Waals surface area contributed by atoms with Crippen LogP contribution in [0.4, 0.5) is 51.2 Å². The van der Waals surface area contributed by atoms with Gasteiger partial charge in [-0.1, -0.05) is 108 Å². The highest BCUT2D eigenvalue weighted by atomic mass is 32.2. The smallest absolute Gasteiger partial charge is 0.163 e. The van der Waals surface area contributed by atoms with Gasteiger partial charge in [-0.05, 0) is 72.8 Å². The number of aromatic nitrogens is 6. The second-order valence-corrected chi connectivity index (χ2v) is 19.8. The molecule has 15 heteroatoms. The molecule has 3 aliphatic heterocycles. The van der Waals surface area contributed by atoms with Crippen molar-refractivity contribution in [2.45, 2.75) is 29.4 Å². The molecule has 0 atom stereocenters. The van der Waals surface area contributed by atoms with E-state index in [2.05, 4.69) is 106 Å². The Kier molecular flexibility index (Phi) is 10.4. The quantitative estimate of drug-likeness (QED) is 0.155. The minimum absolute atomic E-state index is 0.277. The van der Waals surface area contributed by atoms with Crippen molar-refractivity contribution < 1.29 is 0 Å². The Labute approximate surface area is 425 Å². The summed E-state index contributed by atoms with van der Waals surface area (Å²) in [6.45, 7) is 0. The van der Waals surface area contributed by atoms with E-state index in [0.29, 0.717) is 33.8 Å². The van der Waals surface area contributed by atoms with Crippen molar-refractivity contribution in [1.82, 2.24) is 29.9 Å². The largest absolute Gasteiger partial charge is 0.307 e. The van der Waals surface area contributed by atoms with Crippen molar-refractivity contribution in [1.29, 1.82) is 15.8 Å². The normalized spacial score (nSPS) is 12.7. The molecule has 0 unspecified atom stereocenters. The minimum atomic E-state index is 0.277. The third-order valence-electron chi connectivity index (χ3n) is 12.4. The Hall–Kier alpha value is -9.30. The molecular formula is C57H30N12S3. The number of fused-ring (bicyclic) bond motifs is 6. The van der Waals surface area contributed by atoms with Gasteiger partial charge in [-0.3, -0.25) is 0 Å². The van der Waals surface area contributed by atoms with Crippen molar-refractivity contribution in [3.8, 4) is 52.4 Å². The van der Waals surface area contributed by atoms with Crippen LogP contribution in [-0.4, -0.2) is 29.9 Å². The first-order valence-electron chi connectivity index (χ1n) is 22.5. The van der Waals surface area contributed by atoms with Gasteiger partial charge in [0, 0.05) is 66.6 Å². The highest BCUT2D eigenvalue weighted by molar-refractivity contribution is 8.00. The predicted molar refractivity (Wildman–Crippen MR) is 280 cm³/mol. The molecule has 13 rings (SSSR count). The van der Waals surface area contributed by atoms with Crippen LogP contribution in [0.5, 0.6) is 0 Å². The topological polar surface area (TPSA) is 158 Å². The Morgan fingerprint density at radius 1 is 0.292 bits per heavy atom. The van der Waals surface area contributed by atoms with Crippen molar-refractivity contribution in [3.05, 3.63) is 199 Å². The maximum atomic E-state index is 10.2. The number of para-hydroxylation sites is 6. The fourth-order valence-corrected chi connectivity index (χ4v) is 12.6. The van der Waals surface area contributed by atoms with E-state index >= 15 is 0 Å². The lowest BCUT2D eigenvalue weighted by atomic mass is 9.90. The monoisotopic (exact) mass is 978 g/mol. The molecule has 0 aliphatic carbocycles. The average Bonchev–Trinajstić information content (AvgIpc) is 3.44. The van der Waals surface area contributed by atoms with Crippen LogP contribution >= 0.6 is 35.3 Å². The molecule has 0 amide bonds. The van der Waals surface area contributed by atoms with Gasteiger partial charge in [0.15, 0.2) is 17.5 Å². The molecule has 0 spiro atoms. The molecule has 12 nitrogen and oxygen atoms in total. The van der Waals surface area contributed by atoms with Gasteiger partial charge < -0.3 is 14.7 Å². The van der Waals surface area contributed by atoms with Gasteiger partial charge in [0.05, 0.1) is 84.6 Å². The minimum Gasteiger partial charge on any atom is -0.307 e. The van der Waals surface area contributed by atoms with Gasteiger partial charge in [-0.15, -0.1) is 0 Å². The van der Waals surface area contributed by atoms with Gasteiger partial charge in [0.25, 0.3) is 0 Å². The zero-order valence-corrected chi connectivity index (χ0v) is 39.9. The molecular weight excluding hydrogens is 949 g/mol. The number of hydrogen-bond acceptors (Lipinski definition) is 15. The second kappa shape index (κ2) is 17.6. The lowest BCUT2D eigenvalue weighted by Gasteiger charge is -2.42. The molecule has 0 radical (unpaired) electrons. The summed E-state index contributed by atoms with van der Waals surface area (Å²) >= 11 is 5.03. The number of benzene rings is 7. The van der Waals surface area contributed by atoms with Crippen molar-refractivity contribution in [2.24, 2.45) is 0 Å². The molecule has 72 heavy (non-hydrogen) atoms. The molecule has 0 fully saturated rings. The van der Waals surface area contributed by atoms with Gasteiger partial charge >= 0.3 is 0 Å². The van der Waals surface area contributed by atoms with E-state index in [1.54, 1.807) is 35.3 Å². The van der Waals surface area contributed by atoms with Gasteiger partial charge in [-0.2, -0.15) is 15.8 Å². The first kappa shape index (κ1) is 42.8. The number of hydrogen-bond donors (Lipinski definition) is 0. The molecule has 3 aliphatic rings. The number of rotatable bonds is 6. The number of nitrogens with zero attached hydrogens (tertiary/aromatic N) is 12. The molecule has 0 saturated carbocycles. The highest BCUT2D eigenvalue weighted by Crippen LogP contribution is 2.66. The Bertz CT molecular complexity index is 3410. The summed E-state index contributed by atoms with van der Waals surface area (Å²) in [6.07, 6.45) is 9.23. The van der Waals surface area contributed by atoms with Crippen LogP contribution in [-0.2, 0) is 0 Å². The van der Waals surface area contributed by atoms with Crippen LogP contribution in [0.1, 0.15) is 16.7 Å².